The van der Waals surface area contributed by atoms with Gasteiger partial charge in [-0.3, -0.25) is 14.6 Å². The van der Waals surface area contributed by atoms with Gasteiger partial charge in [0.1, 0.15) is 17.3 Å². The standard InChI is InChI=1S/C31H35N7O3/c1-37-28-10-7-21(13-26(28)35-36-37)16-34-30(39)29-14-22(12-20-5-8-25(41-2)9-6-20)19-38(29)31(40)27-15-24(18-33-27)23-4-3-11-32-17-23/h3-11,13,17,22,24,27,29,33H,12,14-16,18-19H2,1-2H3,(H,34,39)/t22-,24-,27-,29+/m1/s1. The first-order valence-corrected chi connectivity index (χ1v) is 14.1. The second-order valence-corrected chi connectivity index (χ2v) is 11.1. The van der Waals surface area contributed by atoms with Crippen molar-refractivity contribution in [1.29, 1.82) is 0 Å². The van der Waals surface area contributed by atoms with E-state index >= 15 is 0 Å². The van der Waals surface area contributed by atoms with Crippen LogP contribution in [0.3, 0.4) is 0 Å². The molecule has 6 rings (SSSR count). The number of likely N-dealkylation sites (tertiary alicyclic amines) is 1. The van der Waals surface area contributed by atoms with Crippen LogP contribution >= 0.6 is 0 Å². The van der Waals surface area contributed by atoms with Gasteiger partial charge in [0.05, 0.1) is 18.7 Å². The van der Waals surface area contributed by atoms with Crippen LogP contribution in [0, 0.1) is 5.92 Å². The first kappa shape index (κ1) is 26.9. The molecule has 2 aromatic carbocycles. The van der Waals surface area contributed by atoms with Gasteiger partial charge < -0.3 is 20.3 Å². The van der Waals surface area contributed by atoms with Gasteiger partial charge in [-0.1, -0.05) is 29.5 Å². The summed E-state index contributed by atoms with van der Waals surface area (Å²) in [5.41, 5.74) is 4.95. The molecule has 2 amide bonds. The average molecular weight is 554 g/mol. The number of aryl methyl sites for hydroxylation is 1. The maximum absolute atomic E-state index is 13.9. The van der Waals surface area contributed by atoms with Crippen molar-refractivity contribution in [3.8, 4) is 5.75 Å². The molecule has 10 heteroatoms. The molecule has 4 aromatic rings. The first-order chi connectivity index (χ1) is 20.0. The van der Waals surface area contributed by atoms with E-state index in [1.807, 2.05) is 49.6 Å². The quantitative estimate of drug-likeness (QED) is 0.345. The molecular weight excluding hydrogens is 518 g/mol. The summed E-state index contributed by atoms with van der Waals surface area (Å²) in [7, 11) is 3.50. The Kier molecular flexibility index (Phi) is 7.65. The topological polar surface area (TPSA) is 114 Å². The molecule has 2 aliphatic heterocycles. The molecule has 0 spiro atoms. The lowest BCUT2D eigenvalue weighted by molar-refractivity contribution is -0.139. The Balaban J connectivity index is 1.16. The number of nitrogens with zero attached hydrogens (tertiary/aromatic N) is 5. The van der Waals surface area contributed by atoms with E-state index in [0.717, 1.165) is 39.9 Å². The Bertz CT molecular complexity index is 1520. The summed E-state index contributed by atoms with van der Waals surface area (Å²) < 4.78 is 7.02. The third-order valence-corrected chi connectivity index (χ3v) is 8.38. The average Bonchev–Trinajstić information content (AvgIpc) is 3.76. The molecule has 2 aliphatic rings. The minimum absolute atomic E-state index is 0.00486. The number of ether oxygens (including phenoxy) is 1. The summed E-state index contributed by atoms with van der Waals surface area (Å²) in [5.74, 6) is 1.07. The van der Waals surface area contributed by atoms with Crippen LogP contribution in [0.1, 0.15) is 35.4 Å². The van der Waals surface area contributed by atoms with Crippen molar-refractivity contribution in [2.24, 2.45) is 13.0 Å². The number of carbonyl (C=O) groups is 2. The van der Waals surface area contributed by atoms with E-state index in [4.69, 9.17) is 4.74 Å². The van der Waals surface area contributed by atoms with Gasteiger partial charge in [-0.05, 0) is 78.1 Å². The van der Waals surface area contributed by atoms with E-state index in [0.29, 0.717) is 32.5 Å². The van der Waals surface area contributed by atoms with E-state index in [2.05, 4.69) is 44.1 Å². The molecule has 2 aromatic heterocycles. The van der Waals surface area contributed by atoms with Crippen LogP contribution in [0.15, 0.2) is 67.0 Å². The van der Waals surface area contributed by atoms with Gasteiger partial charge >= 0.3 is 0 Å². The largest absolute Gasteiger partial charge is 0.497 e. The van der Waals surface area contributed by atoms with Crippen molar-refractivity contribution in [2.45, 2.75) is 43.8 Å². The fraction of sp³-hybridized carbons (Fsp3) is 0.387. The number of hydrogen-bond donors (Lipinski definition) is 2. The zero-order valence-electron chi connectivity index (χ0n) is 23.4. The van der Waals surface area contributed by atoms with Crippen molar-refractivity contribution < 1.29 is 14.3 Å². The van der Waals surface area contributed by atoms with Crippen LogP contribution in [-0.4, -0.2) is 69.0 Å². The number of carbonyl (C=O) groups excluding carboxylic acids is 2. The number of pyridine rings is 1. The van der Waals surface area contributed by atoms with E-state index in [1.54, 1.807) is 22.9 Å². The molecule has 0 bridgehead atoms. The van der Waals surface area contributed by atoms with E-state index in [1.165, 1.54) is 0 Å². The molecule has 2 saturated heterocycles. The predicted molar refractivity (Wildman–Crippen MR) is 154 cm³/mol. The van der Waals surface area contributed by atoms with E-state index in [-0.39, 0.29) is 29.7 Å². The van der Waals surface area contributed by atoms with Gasteiger partial charge in [0, 0.05) is 39.1 Å². The van der Waals surface area contributed by atoms with Crippen molar-refractivity contribution in [2.75, 3.05) is 20.2 Å². The zero-order valence-corrected chi connectivity index (χ0v) is 23.4. The van der Waals surface area contributed by atoms with Crippen LogP contribution in [0.5, 0.6) is 5.75 Å². The molecule has 2 N–H and O–H groups in total. The highest BCUT2D eigenvalue weighted by Gasteiger charge is 2.43. The fourth-order valence-corrected chi connectivity index (χ4v) is 6.16. The van der Waals surface area contributed by atoms with Gasteiger partial charge in [0.25, 0.3) is 0 Å². The molecular formula is C31H35N7O3. The number of aromatic nitrogens is 4. The van der Waals surface area contributed by atoms with Crippen LogP contribution in [-0.2, 0) is 29.6 Å². The number of nitrogens with one attached hydrogen (secondary N) is 2. The van der Waals surface area contributed by atoms with Crippen LogP contribution in [0.25, 0.3) is 11.0 Å². The molecule has 4 atom stereocenters. The molecule has 0 saturated carbocycles. The highest BCUT2D eigenvalue weighted by molar-refractivity contribution is 5.90. The van der Waals surface area contributed by atoms with Gasteiger partial charge in [0.15, 0.2) is 0 Å². The summed E-state index contributed by atoms with van der Waals surface area (Å²) in [4.78, 5) is 33.5. The maximum atomic E-state index is 13.9. The lowest BCUT2D eigenvalue weighted by Gasteiger charge is -2.27. The zero-order chi connectivity index (χ0) is 28.3. The molecule has 41 heavy (non-hydrogen) atoms. The lowest BCUT2D eigenvalue weighted by atomic mass is 9.96. The maximum Gasteiger partial charge on any atom is 0.243 e. The molecule has 0 aliphatic carbocycles. The molecule has 10 nitrogen and oxygen atoms in total. The smallest absolute Gasteiger partial charge is 0.243 e. The van der Waals surface area contributed by atoms with E-state index < -0.39 is 6.04 Å². The fourth-order valence-electron chi connectivity index (χ4n) is 6.16. The van der Waals surface area contributed by atoms with E-state index in [9.17, 15) is 9.59 Å². The second kappa shape index (κ2) is 11.7. The third-order valence-electron chi connectivity index (χ3n) is 8.38. The summed E-state index contributed by atoms with van der Waals surface area (Å²) in [6, 6.07) is 17.0. The highest BCUT2D eigenvalue weighted by atomic mass is 16.5. The SMILES string of the molecule is COc1ccc(C[C@@H]2C[C@@H](C(=O)NCc3ccc4c(c3)nnn4C)N(C(=O)[C@H]3C[C@@H](c4cccnc4)CN3)C2)cc1. The monoisotopic (exact) mass is 553 g/mol. The number of fused-ring (bicyclic) bond motifs is 1. The van der Waals surface area contributed by atoms with Crippen molar-refractivity contribution in [1.82, 2.24) is 35.5 Å². The summed E-state index contributed by atoms with van der Waals surface area (Å²) in [6.45, 7) is 1.62. The molecule has 2 fully saturated rings. The number of amides is 2. The second-order valence-electron chi connectivity index (χ2n) is 11.1. The van der Waals surface area contributed by atoms with Gasteiger partial charge in [-0.2, -0.15) is 0 Å². The first-order valence-electron chi connectivity index (χ1n) is 14.1. The van der Waals surface area contributed by atoms with Crippen molar-refractivity contribution in [3.63, 3.8) is 0 Å². The van der Waals surface area contributed by atoms with Gasteiger partial charge in [0.2, 0.25) is 11.8 Å². The number of methoxy groups -OCH3 is 1. The number of rotatable bonds is 8. The number of benzene rings is 2. The molecule has 4 heterocycles. The summed E-state index contributed by atoms with van der Waals surface area (Å²) in [6.07, 6.45) is 5.73. The van der Waals surface area contributed by atoms with Crippen LogP contribution < -0.4 is 15.4 Å². The van der Waals surface area contributed by atoms with Crippen LogP contribution in [0.2, 0.25) is 0 Å². The van der Waals surface area contributed by atoms with Crippen molar-refractivity contribution in [3.05, 3.63) is 83.7 Å². The van der Waals surface area contributed by atoms with Gasteiger partial charge in [-0.15, -0.1) is 5.10 Å². The third kappa shape index (κ3) is 5.78. The Morgan fingerprint density at radius 1 is 1.10 bits per heavy atom. The predicted octanol–water partition coefficient (Wildman–Crippen LogP) is 2.59. The molecule has 212 valence electrons. The van der Waals surface area contributed by atoms with Gasteiger partial charge in [-0.25, -0.2) is 4.68 Å². The summed E-state index contributed by atoms with van der Waals surface area (Å²) >= 11 is 0. The Morgan fingerprint density at radius 2 is 1.93 bits per heavy atom. The Morgan fingerprint density at radius 3 is 2.71 bits per heavy atom. The number of hydrogen-bond acceptors (Lipinski definition) is 7. The Hall–Kier alpha value is -4.31. The normalized spacial score (nSPS) is 22.2. The minimum Gasteiger partial charge on any atom is -0.497 e. The molecule has 0 radical (unpaired) electrons. The van der Waals surface area contributed by atoms with Crippen molar-refractivity contribution >= 4 is 22.8 Å². The highest BCUT2D eigenvalue weighted by Crippen LogP contribution is 2.31. The minimum atomic E-state index is -0.523. The molecule has 0 unspecified atom stereocenters. The van der Waals surface area contributed by atoms with Crippen LogP contribution in [0.4, 0.5) is 0 Å². The Labute approximate surface area is 239 Å². The lowest BCUT2D eigenvalue weighted by Crippen LogP contribution is -2.51. The summed E-state index contributed by atoms with van der Waals surface area (Å²) in [5, 5.41) is 14.7.